The molecule has 0 radical (unpaired) electrons. The summed E-state index contributed by atoms with van der Waals surface area (Å²) >= 11 is 0. The van der Waals surface area contributed by atoms with Gasteiger partial charge in [-0.1, -0.05) is 0 Å². The van der Waals surface area contributed by atoms with E-state index in [-0.39, 0.29) is 11.8 Å². The fraction of sp³-hybridized carbons (Fsp3) is 0.600. The Kier molecular flexibility index (Phi) is 4.83. The molecule has 1 rings (SSSR count). The summed E-state index contributed by atoms with van der Waals surface area (Å²) in [5, 5.41) is 2.96. The molecule has 0 aromatic carbocycles. The number of hydrogen-bond acceptors (Lipinski definition) is 6. The molecule has 0 spiro atoms. The van der Waals surface area contributed by atoms with E-state index in [0.29, 0.717) is 12.3 Å². The van der Waals surface area contributed by atoms with Crippen molar-refractivity contribution in [3.05, 3.63) is 18.1 Å². The second-order valence-electron chi connectivity index (χ2n) is 3.83. The highest BCUT2D eigenvalue weighted by Crippen LogP contribution is 2.08. The molecule has 0 aliphatic heterocycles. The zero-order valence-corrected chi connectivity index (χ0v) is 11.0. The Hall–Kier alpha value is -1.21. The first-order chi connectivity index (χ1) is 7.94. The van der Waals surface area contributed by atoms with Gasteiger partial charge >= 0.3 is 0 Å². The zero-order chi connectivity index (χ0) is 12.9. The van der Waals surface area contributed by atoms with E-state index in [4.69, 9.17) is 4.74 Å². The number of nitrogens with one attached hydrogen (secondary N) is 1. The van der Waals surface area contributed by atoms with E-state index in [0.717, 1.165) is 5.69 Å². The minimum absolute atomic E-state index is 0.0792. The Morgan fingerprint density at radius 1 is 1.47 bits per heavy atom. The molecule has 17 heavy (non-hydrogen) atoms. The Morgan fingerprint density at radius 2 is 2.18 bits per heavy atom. The molecule has 1 atom stereocenters. The first-order valence-corrected chi connectivity index (χ1v) is 7.20. The molecule has 1 unspecified atom stereocenters. The topological polar surface area (TPSA) is 81.2 Å². The minimum atomic E-state index is -3.01. The van der Waals surface area contributed by atoms with E-state index in [9.17, 15) is 8.42 Å². The highest BCUT2D eigenvalue weighted by atomic mass is 32.2. The predicted octanol–water partition coefficient (Wildman–Crippen LogP) is -0.340. The molecular weight excluding hydrogens is 242 g/mol. The molecule has 1 heterocycles. The highest BCUT2D eigenvalue weighted by molar-refractivity contribution is 7.90. The lowest BCUT2D eigenvalue weighted by molar-refractivity contribution is 0.395. The third-order valence-electron chi connectivity index (χ3n) is 2.28. The van der Waals surface area contributed by atoms with Crippen LogP contribution < -0.4 is 10.1 Å². The third kappa shape index (κ3) is 5.10. The van der Waals surface area contributed by atoms with Gasteiger partial charge in [0.1, 0.15) is 16.2 Å². The van der Waals surface area contributed by atoms with Crippen molar-refractivity contribution in [1.29, 1.82) is 0 Å². The lowest BCUT2D eigenvalue weighted by atomic mass is 10.2. The van der Waals surface area contributed by atoms with E-state index in [1.54, 1.807) is 13.1 Å². The maximum Gasteiger partial charge on any atom is 0.216 e. The van der Waals surface area contributed by atoms with E-state index in [1.807, 2.05) is 0 Å². The molecular formula is C10H17N3O3S. The van der Waals surface area contributed by atoms with Gasteiger partial charge < -0.3 is 10.1 Å². The number of nitrogens with zero attached hydrogens (tertiary/aromatic N) is 2. The Labute approximate surface area is 101 Å². The summed E-state index contributed by atoms with van der Waals surface area (Å²) < 4.78 is 27.4. The van der Waals surface area contributed by atoms with Crippen molar-refractivity contribution in [2.75, 3.05) is 26.2 Å². The number of ether oxygens (including phenoxy) is 1. The second kappa shape index (κ2) is 5.92. The van der Waals surface area contributed by atoms with Crippen molar-refractivity contribution in [3.8, 4) is 5.88 Å². The van der Waals surface area contributed by atoms with Crippen molar-refractivity contribution in [3.63, 3.8) is 0 Å². The van der Waals surface area contributed by atoms with Gasteiger partial charge in [0.2, 0.25) is 5.88 Å². The molecule has 0 saturated carbocycles. The van der Waals surface area contributed by atoms with Gasteiger partial charge in [0.15, 0.2) is 0 Å². The van der Waals surface area contributed by atoms with Crippen LogP contribution in [0.2, 0.25) is 0 Å². The Morgan fingerprint density at radius 3 is 2.71 bits per heavy atom. The second-order valence-corrected chi connectivity index (χ2v) is 6.02. The summed E-state index contributed by atoms with van der Waals surface area (Å²) in [4.78, 5) is 7.97. The van der Waals surface area contributed by atoms with Gasteiger partial charge in [0.05, 0.1) is 12.9 Å². The average Bonchev–Trinajstić information content (AvgIpc) is 2.26. The van der Waals surface area contributed by atoms with E-state index in [1.165, 1.54) is 19.7 Å². The summed E-state index contributed by atoms with van der Waals surface area (Å²) in [6.45, 7) is 0. The number of rotatable bonds is 6. The number of aromatic nitrogens is 2. The third-order valence-corrected chi connectivity index (χ3v) is 3.28. The number of hydrogen-bond donors (Lipinski definition) is 1. The molecule has 0 aliphatic carbocycles. The number of likely N-dealkylation sites (N-methyl/N-ethyl adjacent to an activating group) is 1. The standard InChI is InChI=1S/C10H17N3O3S/c1-11-9(6-17(3,14)15)4-8-5-10(16-2)13-7-12-8/h5,7,9,11H,4,6H2,1-3H3. The molecule has 7 heteroatoms. The van der Waals surface area contributed by atoms with Gasteiger partial charge in [-0.05, 0) is 7.05 Å². The van der Waals surface area contributed by atoms with Crippen LogP contribution in [0.5, 0.6) is 5.88 Å². The van der Waals surface area contributed by atoms with Crippen LogP contribution in [0.3, 0.4) is 0 Å². The normalized spacial score (nSPS) is 13.4. The van der Waals surface area contributed by atoms with Gasteiger partial charge in [-0.2, -0.15) is 0 Å². The molecule has 6 nitrogen and oxygen atoms in total. The Bertz CT molecular complexity index is 462. The fourth-order valence-corrected chi connectivity index (χ4v) is 2.48. The average molecular weight is 259 g/mol. The van der Waals surface area contributed by atoms with Crippen molar-refractivity contribution in [2.45, 2.75) is 12.5 Å². The fourth-order valence-electron chi connectivity index (χ4n) is 1.46. The summed E-state index contributed by atoms with van der Waals surface area (Å²) in [6, 6.07) is 1.54. The van der Waals surface area contributed by atoms with E-state index < -0.39 is 9.84 Å². The largest absolute Gasteiger partial charge is 0.481 e. The molecule has 0 bridgehead atoms. The molecule has 0 amide bonds. The lowest BCUT2D eigenvalue weighted by Gasteiger charge is -2.14. The maximum absolute atomic E-state index is 11.2. The molecule has 0 saturated heterocycles. The molecule has 96 valence electrons. The highest BCUT2D eigenvalue weighted by Gasteiger charge is 2.15. The summed E-state index contributed by atoms with van der Waals surface area (Å²) in [5.74, 6) is 0.555. The summed E-state index contributed by atoms with van der Waals surface area (Å²) in [6.07, 6.45) is 3.14. The Balaban J connectivity index is 2.73. The van der Waals surface area contributed by atoms with Crippen molar-refractivity contribution in [1.82, 2.24) is 15.3 Å². The van der Waals surface area contributed by atoms with Crippen molar-refractivity contribution in [2.24, 2.45) is 0 Å². The summed E-state index contributed by atoms with van der Waals surface area (Å²) in [5.41, 5.74) is 0.750. The van der Waals surface area contributed by atoms with Gasteiger partial charge in [0.25, 0.3) is 0 Å². The smallest absolute Gasteiger partial charge is 0.216 e. The quantitative estimate of drug-likeness (QED) is 0.753. The number of sulfone groups is 1. The van der Waals surface area contributed by atoms with Crippen LogP contribution in [0.4, 0.5) is 0 Å². The van der Waals surface area contributed by atoms with Crippen LogP contribution in [0.25, 0.3) is 0 Å². The van der Waals surface area contributed by atoms with E-state index >= 15 is 0 Å². The zero-order valence-electron chi connectivity index (χ0n) is 10.2. The van der Waals surface area contributed by atoms with Crippen LogP contribution in [0, 0.1) is 0 Å². The lowest BCUT2D eigenvalue weighted by Crippen LogP contribution is -2.34. The SMILES string of the molecule is CNC(Cc1cc(OC)ncn1)CS(C)(=O)=O. The molecule has 0 aliphatic rings. The molecule has 0 fully saturated rings. The maximum atomic E-state index is 11.2. The van der Waals surface area contributed by atoms with Crippen LogP contribution in [0.1, 0.15) is 5.69 Å². The summed E-state index contributed by atoms with van der Waals surface area (Å²) in [7, 11) is 0.248. The van der Waals surface area contributed by atoms with Gasteiger partial charge in [0, 0.05) is 30.5 Å². The molecule has 1 aromatic heterocycles. The number of methoxy groups -OCH3 is 1. The van der Waals surface area contributed by atoms with Gasteiger partial charge in [-0.3, -0.25) is 0 Å². The monoisotopic (exact) mass is 259 g/mol. The first-order valence-electron chi connectivity index (χ1n) is 5.14. The van der Waals surface area contributed by atoms with Crippen molar-refractivity contribution < 1.29 is 13.2 Å². The van der Waals surface area contributed by atoms with Crippen molar-refractivity contribution >= 4 is 9.84 Å². The van der Waals surface area contributed by atoms with E-state index in [2.05, 4.69) is 15.3 Å². The van der Waals surface area contributed by atoms with Crippen LogP contribution in [0.15, 0.2) is 12.4 Å². The minimum Gasteiger partial charge on any atom is -0.481 e. The predicted molar refractivity (Wildman–Crippen MR) is 64.8 cm³/mol. The molecule has 1 aromatic rings. The van der Waals surface area contributed by atoms with Gasteiger partial charge in [-0.15, -0.1) is 0 Å². The first kappa shape index (κ1) is 13.9. The van der Waals surface area contributed by atoms with Crippen LogP contribution in [-0.2, 0) is 16.3 Å². The van der Waals surface area contributed by atoms with Crippen LogP contribution in [-0.4, -0.2) is 50.6 Å². The molecule has 1 N–H and O–H groups in total. The van der Waals surface area contributed by atoms with Crippen LogP contribution >= 0.6 is 0 Å². The van der Waals surface area contributed by atoms with Gasteiger partial charge in [-0.25, -0.2) is 18.4 Å².